The molecule has 0 heterocycles. The predicted molar refractivity (Wildman–Crippen MR) is 74.0 cm³/mol. The number of non-ortho nitro benzene ring substituents is 1. The molecule has 0 spiro atoms. The fourth-order valence-electron chi connectivity index (χ4n) is 2.21. The quantitative estimate of drug-likeness (QED) is 0.643. The number of nitro groups is 1. The van der Waals surface area contributed by atoms with E-state index in [0.717, 1.165) is 25.0 Å². The Morgan fingerprint density at radius 3 is 2.65 bits per heavy atom. The number of halogens is 1. The van der Waals surface area contributed by atoms with Crippen molar-refractivity contribution in [3.63, 3.8) is 0 Å². The van der Waals surface area contributed by atoms with Crippen LogP contribution in [0, 0.1) is 10.1 Å². The summed E-state index contributed by atoms with van der Waals surface area (Å²) in [6, 6.07) is 2.69. The van der Waals surface area contributed by atoms with Gasteiger partial charge in [-0.25, -0.2) is 13.1 Å². The van der Waals surface area contributed by atoms with Crippen LogP contribution in [0.1, 0.15) is 19.3 Å². The molecule has 1 fully saturated rings. The summed E-state index contributed by atoms with van der Waals surface area (Å²) in [5, 5.41) is 10.7. The molecule has 1 aliphatic carbocycles. The molecule has 2 unspecified atom stereocenters. The van der Waals surface area contributed by atoms with Crippen LogP contribution in [0.5, 0.6) is 0 Å². The largest absolute Gasteiger partial charge is 0.326 e. The Bertz CT molecular complexity index is 635. The van der Waals surface area contributed by atoms with Crippen molar-refractivity contribution >= 4 is 27.3 Å². The van der Waals surface area contributed by atoms with E-state index in [0.29, 0.717) is 6.42 Å². The Labute approximate surface area is 121 Å². The van der Waals surface area contributed by atoms with Gasteiger partial charge in [-0.05, 0) is 18.9 Å². The van der Waals surface area contributed by atoms with E-state index in [-0.39, 0.29) is 27.7 Å². The zero-order valence-electron chi connectivity index (χ0n) is 10.5. The van der Waals surface area contributed by atoms with Crippen molar-refractivity contribution in [3.8, 4) is 0 Å². The predicted octanol–water partition coefficient (Wildman–Crippen LogP) is 1.41. The SMILES string of the molecule is NC1CCCC1NS(=O)(=O)c1cc([N+](=O)[O-])ccc1Cl. The van der Waals surface area contributed by atoms with Gasteiger partial charge in [0.05, 0.1) is 9.95 Å². The van der Waals surface area contributed by atoms with Crippen molar-refractivity contribution in [2.75, 3.05) is 0 Å². The lowest BCUT2D eigenvalue weighted by Gasteiger charge is -2.17. The monoisotopic (exact) mass is 319 g/mol. The van der Waals surface area contributed by atoms with Gasteiger partial charge in [0.15, 0.2) is 0 Å². The minimum Gasteiger partial charge on any atom is -0.326 e. The molecule has 1 aromatic carbocycles. The highest BCUT2D eigenvalue weighted by molar-refractivity contribution is 7.89. The maximum absolute atomic E-state index is 12.3. The molecule has 3 N–H and O–H groups in total. The number of nitrogens with one attached hydrogen (secondary N) is 1. The third kappa shape index (κ3) is 3.09. The molecule has 0 amide bonds. The Morgan fingerprint density at radius 1 is 1.40 bits per heavy atom. The molecule has 2 rings (SSSR count). The fraction of sp³-hybridized carbons (Fsp3) is 0.455. The van der Waals surface area contributed by atoms with E-state index in [1.165, 1.54) is 6.07 Å². The summed E-state index contributed by atoms with van der Waals surface area (Å²) in [4.78, 5) is 9.75. The summed E-state index contributed by atoms with van der Waals surface area (Å²) >= 11 is 5.83. The van der Waals surface area contributed by atoms with Crippen molar-refractivity contribution in [2.24, 2.45) is 5.73 Å². The van der Waals surface area contributed by atoms with Crippen LogP contribution in [-0.2, 0) is 10.0 Å². The van der Waals surface area contributed by atoms with E-state index < -0.39 is 14.9 Å². The number of hydrogen-bond donors (Lipinski definition) is 2. The third-order valence-electron chi connectivity index (χ3n) is 3.29. The van der Waals surface area contributed by atoms with E-state index in [2.05, 4.69) is 4.72 Å². The molecule has 110 valence electrons. The molecule has 0 radical (unpaired) electrons. The van der Waals surface area contributed by atoms with Gasteiger partial charge in [-0.15, -0.1) is 0 Å². The number of nitrogens with zero attached hydrogens (tertiary/aromatic N) is 1. The normalized spacial score (nSPS) is 22.9. The lowest BCUT2D eigenvalue weighted by Crippen LogP contribution is -2.43. The standard InChI is InChI=1S/C11H14ClN3O4S/c12-8-5-4-7(15(16)17)6-11(8)20(18,19)14-10-3-1-2-9(10)13/h4-6,9-10,14H,1-3,13H2. The van der Waals surface area contributed by atoms with Gasteiger partial charge >= 0.3 is 0 Å². The molecule has 7 nitrogen and oxygen atoms in total. The van der Waals surface area contributed by atoms with Crippen LogP contribution >= 0.6 is 11.6 Å². The molecular weight excluding hydrogens is 306 g/mol. The van der Waals surface area contributed by atoms with E-state index in [1.54, 1.807) is 0 Å². The van der Waals surface area contributed by atoms with Crippen molar-refractivity contribution in [1.82, 2.24) is 4.72 Å². The van der Waals surface area contributed by atoms with E-state index >= 15 is 0 Å². The highest BCUT2D eigenvalue weighted by atomic mass is 35.5. The van der Waals surface area contributed by atoms with Crippen LogP contribution in [0.2, 0.25) is 5.02 Å². The summed E-state index contributed by atoms with van der Waals surface area (Å²) in [5.41, 5.74) is 5.48. The highest BCUT2D eigenvalue weighted by Crippen LogP contribution is 2.27. The summed E-state index contributed by atoms with van der Waals surface area (Å²) < 4.78 is 27.0. The highest BCUT2D eigenvalue weighted by Gasteiger charge is 2.30. The van der Waals surface area contributed by atoms with Crippen LogP contribution in [-0.4, -0.2) is 25.4 Å². The summed E-state index contributed by atoms with van der Waals surface area (Å²) in [7, 11) is -3.93. The van der Waals surface area contributed by atoms with Crippen molar-refractivity contribution in [1.29, 1.82) is 0 Å². The number of sulfonamides is 1. The van der Waals surface area contributed by atoms with Crippen LogP contribution in [0.3, 0.4) is 0 Å². The van der Waals surface area contributed by atoms with Crippen LogP contribution in [0.15, 0.2) is 23.1 Å². The summed E-state index contributed by atoms with van der Waals surface area (Å²) in [6.07, 6.45) is 2.24. The van der Waals surface area contributed by atoms with Crippen LogP contribution in [0.25, 0.3) is 0 Å². The molecule has 0 bridgehead atoms. The second-order valence-corrected chi connectivity index (χ2v) is 6.78. The van der Waals surface area contributed by atoms with Gasteiger partial charge in [0, 0.05) is 24.2 Å². The van der Waals surface area contributed by atoms with Crippen molar-refractivity contribution < 1.29 is 13.3 Å². The Kier molecular flexibility index (Phi) is 4.28. The molecular formula is C11H14ClN3O4S. The minimum atomic E-state index is -3.93. The number of rotatable bonds is 4. The second kappa shape index (κ2) is 5.65. The van der Waals surface area contributed by atoms with Crippen LogP contribution < -0.4 is 10.5 Å². The fourth-order valence-corrected chi connectivity index (χ4v) is 4.05. The molecule has 1 aliphatic rings. The molecule has 20 heavy (non-hydrogen) atoms. The van der Waals surface area contributed by atoms with Crippen molar-refractivity contribution in [2.45, 2.75) is 36.2 Å². The van der Waals surface area contributed by atoms with Crippen LogP contribution in [0.4, 0.5) is 5.69 Å². The Morgan fingerprint density at radius 2 is 2.10 bits per heavy atom. The Balaban J connectivity index is 2.33. The number of nitrogens with two attached hydrogens (primary N) is 1. The molecule has 9 heteroatoms. The second-order valence-electron chi connectivity index (χ2n) is 4.69. The van der Waals surface area contributed by atoms with E-state index in [9.17, 15) is 18.5 Å². The zero-order valence-corrected chi connectivity index (χ0v) is 12.0. The van der Waals surface area contributed by atoms with Gasteiger partial charge in [-0.3, -0.25) is 10.1 Å². The smallest absolute Gasteiger partial charge is 0.270 e. The zero-order chi connectivity index (χ0) is 14.9. The number of nitro benzene ring substituents is 1. The topological polar surface area (TPSA) is 115 Å². The van der Waals surface area contributed by atoms with Crippen molar-refractivity contribution in [3.05, 3.63) is 33.3 Å². The lowest BCUT2D eigenvalue weighted by atomic mass is 10.2. The number of hydrogen-bond acceptors (Lipinski definition) is 5. The maximum Gasteiger partial charge on any atom is 0.270 e. The lowest BCUT2D eigenvalue weighted by molar-refractivity contribution is -0.385. The molecule has 0 aliphatic heterocycles. The van der Waals surface area contributed by atoms with Gasteiger partial charge in [-0.2, -0.15) is 0 Å². The van der Waals surface area contributed by atoms with E-state index in [4.69, 9.17) is 17.3 Å². The number of benzene rings is 1. The molecule has 1 aromatic rings. The third-order valence-corrected chi connectivity index (χ3v) is 5.26. The first-order valence-corrected chi connectivity index (χ1v) is 7.89. The first kappa shape index (κ1) is 15.2. The first-order chi connectivity index (χ1) is 9.31. The van der Waals surface area contributed by atoms with Gasteiger partial charge in [0.2, 0.25) is 10.0 Å². The van der Waals surface area contributed by atoms with Gasteiger partial charge in [0.25, 0.3) is 5.69 Å². The minimum absolute atomic E-state index is 0.0605. The summed E-state index contributed by atoms with van der Waals surface area (Å²) in [6.45, 7) is 0. The Hall–Kier alpha value is -1.22. The molecule has 0 saturated heterocycles. The molecule has 0 aromatic heterocycles. The average Bonchev–Trinajstić information content (AvgIpc) is 2.74. The summed E-state index contributed by atoms with van der Waals surface area (Å²) in [5.74, 6) is 0. The molecule has 1 saturated carbocycles. The van der Waals surface area contributed by atoms with Gasteiger partial charge < -0.3 is 5.73 Å². The van der Waals surface area contributed by atoms with Gasteiger partial charge in [-0.1, -0.05) is 18.0 Å². The molecule has 2 atom stereocenters. The first-order valence-electron chi connectivity index (χ1n) is 6.03. The maximum atomic E-state index is 12.3. The average molecular weight is 320 g/mol. The van der Waals surface area contributed by atoms with E-state index in [1.807, 2.05) is 0 Å². The van der Waals surface area contributed by atoms with Gasteiger partial charge in [0.1, 0.15) is 4.90 Å².